The number of hydrogen-bond acceptors (Lipinski definition) is 2. The molecule has 1 aromatic rings. The van der Waals surface area contributed by atoms with Gasteiger partial charge in [0.15, 0.2) is 17.3 Å². The number of halogens is 5. The number of ether oxygens (including phenoxy) is 2. The van der Waals surface area contributed by atoms with Crippen molar-refractivity contribution in [1.82, 2.24) is 0 Å². The molecule has 0 heterocycles. The molecule has 0 N–H and O–H groups in total. The van der Waals surface area contributed by atoms with Crippen LogP contribution in [0.15, 0.2) is 16.6 Å². The Kier molecular flexibility index (Phi) is 5.67. The molecule has 1 aromatic carbocycles. The molecule has 94 valence electrons. The predicted molar refractivity (Wildman–Crippen MR) is 68.3 cm³/mol. The summed E-state index contributed by atoms with van der Waals surface area (Å²) in [7, 11) is 1.34. The summed E-state index contributed by atoms with van der Waals surface area (Å²) in [6, 6.07) is 1.26. The summed E-state index contributed by atoms with van der Waals surface area (Å²) in [5, 5.41) is -0.0919. The predicted octanol–water partition coefficient (Wildman–Crippen LogP) is 4.84. The van der Waals surface area contributed by atoms with Gasteiger partial charge in [0.05, 0.1) is 12.1 Å². The fourth-order valence-corrected chi connectivity index (χ4v) is 1.76. The van der Waals surface area contributed by atoms with Crippen LogP contribution in [0.1, 0.15) is 0 Å². The highest BCUT2D eigenvalue weighted by Gasteiger charge is 2.17. The molecule has 7 heteroatoms. The van der Waals surface area contributed by atoms with Gasteiger partial charge in [0.1, 0.15) is 16.1 Å². The van der Waals surface area contributed by atoms with E-state index in [-0.39, 0.29) is 32.6 Å². The van der Waals surface area contributed by atoms with Crippen molar-refractivity contribution in [3.05, 3.63) is 32.5 Å². The molecule has 0 aliphatic heterocycles. The van der Waals surface area contributed by atoms with E-state index in [4.69, 9.17) is 55.9 Å². The van der Waals surface area contributed by atoms with E-state index in [2.05, 4.69) is 0 Å². The van der Waals surface area contributed by atoms with Crippen LogP contribution in [-0.4, -0.2) is 13.7 Å². The number of rotatable bonds is 4. The van der Waals surface area contributed by atoms with Gasteiger partial charge < -0.3 is 9.47 Å². The Balaban J connectivity index is 2.98. The molecule has 0 aliphatic carbocycles. The molecule has 0 aromatic heterocycles. The van der Waals surface area contributed by atoms with Crippen molar-refractivity contribution in [2.45, 2.75) is 0 Å². The SMILES string of the molecule is COc1c(Cl)cc(OCC=C(Cl)Cl)c(F)c1Cl. The molecule has 0 saturated heterocycles. The van der Waals surface area contributed by atoms with E-state index in [1.807, 2.05) is 0 Å². The molecule has 2 nitrogen and oxygen atoms in total. The Hall–Kier alpha value is -0.350. The fourth-order valence-electron chi connectivity index (χ4n) is 1.04. The number of benzene rings is 1. The van der Waals surface area contributed by atoms with Crippen LogP contribution < -0.4 is 9.47 Å². The van der Waals surface area contributed by atoms with E-state index in [1.165, 1.54) is 19.3 Å². The van der Waals surface area contributed by atoms with Crippen molar-refractivity contribution in [1.29, 1.82) is 0 Å². The third-order valence-electron chi connectivity index (χ3n) is 1.76. The smallest absolute Gasteiger partial charge is 0.187 e. The molecule has 0 amide bonds. The van der Waals surface area contributed by atoms with Crippen LogP contribution in [0.4, 0.5) is 4.39 Å². The second-order valence-electron chi connectivity index (χ2n) is 2.82. The van der Waals surface area contributed by atoms with E-state index in [0.717, 1.165) is 0 Å². The minimum absolute atomic E-state index is 0.00175. The summed E-state index contributed by atoms with van der Waals surface area (Å²) in [6.45, 7) is -0.00175. The van der Waals surface area contributed by atoms with Crippen LogP contribution in [0.3, 0.4) is 0 Å². The van der Waals surface area contributed by atoms with Crippen LogP contribution in [0.25, 0.3) is 0 Å². The first kappa shape index (κ1) is 14.7. The third-order valence-corrected chi connectivity index (χ3v) is 2.69. The minimum Gasteiger partial charge on any atom is -0.494 e. The second-order valence-corrected chi connectivity index (χ2v) is 4.62. The Morgan fingerprint density at radius 1 is 1.41 bits per heavy atom. The maximum absolute atomic E-state index is 13.7. The van der Waals surface area contributed by atoms with Gasteiger partial charge in [-0.05, 0) is 6.08 Å². The molecular weight excluding hydrogens is 313 g/mol. The summed E-state index contributed by atoms with van der Waals surface area (Å²) in [6.07, 6.45) is 1.36. The van der Waals surface area contributed by atoms with Crippen molar-refractivity contribution in [3.63, 3.8) is 0 Å². The molecule has 0 radical (unpaired) electrons. The van der Waals surface area contributed by atoms with E-state index in [1.54, 1.807) is 0 Å². The third kappa shape index (κ3) is 3.81. The molecule has 17 heavy (non-hydrogen) atoms. The Morgan fingerprint density at radius 2 is 2.06 bits per heavy atom. The van der Waals surface area contributed by atoms with Gasteiger partial charge in [0, 0.05) is 6.07 Å². The molecular formula is C10H7Cl4FO2. The van der Waals surface area contributed by atoms with Gasteiger partial charge in [0.2, 0.25) is 0 Å². The van der Waals surface area contributed by atoms with Crippen LogP contribution in [0.5, 0.6) is 11.5 Å². The standard InChI is InChI=1S/C10H7Cl4FO2/c1-16-10-5(11)4-6(9(15)8(10)14)17-3-2-7(12)13/h2,4H,3H2,1H3. The summed E-state index contributed by atoms with van der Waals surface area (Å²) >= 11 is 22.3. The number of hydrogen-bond donors (Lipinski definition) is 0. The lowest BCUT2D eigenvalue weighted by Crippen LogP contribution is -1.98. The molecule has 1 rings (SSSR count). The number of methoxy groups -OCH3 is 1. The highest BCUT2D eigenvalue weighted by Crippen LogP contribution is 2.39. The quantitative estimate of drug-likeness (QED) is 0.739. The van der Waals surface area contributed by atoms with Gasteiger partial charge in [-0.2, -0.15) is 0 Å². The van der Waals surface area contributed by atoms with Crippen LogP contribution >= 0.6 is 46.4 Å². The topological polar surface area (TPSA) is 18.5 Å². The largest absolute Gasteiger partial charge is 0.494 e. The zero-order valence-corrected chi connectivity index (χ0v) is 11.6. The first-order valence-electron chi connectivity index (χ1n) is 4.32. The monoisotopic (exact) mass is 318 g/mol. The molecule has 0 saturated carbocycles. The summed E-state index contributed by atoms with van der Waals surface area (Å²) in [5.41, 5.74) is 0. The Labute approximate surface area is 118 Å². The van der Waals surface area contributed by atoms with Gasteiger partial charge in [-0.3, -0.25) is 0 Å². The van der Waals surface area contributed by atoms with Gasteiger partial charge in [0.25, 0.3) is 0 Å². The fraction of sp³-hybridized carbons (Fsp3) is 0.200. The molecule has 0 atom stereocenters. The molecule has 0 bridgehead atoms. The molecule has 0 fully saturated rings. The zero-order valence-electron chi connectivity index (χ0n) is 8.57. The van der Waals surface area contributed by atoms with E-state index in [9.17, 15) is 4.39 Å². The van der Waals surface area contributed by atoms with Crippen molar-refractivity contribution in [3.8, 4) is 11.5 Å². The molecule has 0 aliphatic rings. The average molecular weight is 320 g/mol. The first-order valence-corrected chi connectivity index (χ1v) is 5.84. The average Bonchev–Trinajstić information content (AvgIpc) is 2.25. The Bertz CT molecular complexity index is 444. The molecule has 0 unspecified atom stereocenters. The van der Waals surface area contributed by atoms with Crippen molar-refractivity contribution in [2.75, 3.05) is 13.7 Å². The lowest BCUT2D eigenvalue weighted by molar-refractivity contribution is 0.338. The summed E-state index contributed by atoms with van der Waals surface area (Å²) in [4.78, 5) is 0. The van der Waals surface area contributed by atoms with Gasteiger partial charge in [-0.25, -0.2) is 4.39 Å². The second kappa shape index (κ2) is 6.55. The van der Waals surface area contributed by atoms with Crippen LogP contribution in [0.2, 0.25) is 10.0 Å². The van der Waals surface area contributed by atoms with Gasteiger partial charge >= 0.3 is 0 Å². The van der Waals surface area contributed by atoms with Gasteiger partial charge in [-0.1, -0.05) is 46.4 Å². The van der Waals surface area contributed by atoms with E-state index in [0.29, 0.717) is 0 Å². The normalized spacial score (nSPS) is 10.0. The highest BCUT2D eigenvalue weighted by molar-refractivity contribution is 6.55. The zero-order chi connectivity index (χ0) is 13.0. The van der Waals surface area contributed by atoms with Crippen molar-refractivity contribution < 1.29 is 13.9 Å². The lowest BCUT2D eigenvalue weighted by atomic mass is 10.3. The minimum atomic E-state index is -0.757. The maximum Gasteiger partial charge on any atom is 0.187 e. The highest BCUT2D eigenvalue weighted by atomic mass is 35.5. The maximum atomic E-state index is 13.7. The summed E-state index contributed by atoms with van der Waals surface area (Å²) in [5.74, 6) is -0.803. The van der Waals surface area contributed by atoms with Crippen LogP contribution in [0, 0.1) is 5.82 Å². The van der Waals surface area contributed by atoms with E-state index < -0.39 is 5.82 Å². The summed E-state index contributed by atoms with van der Waals surface area (Å²) < 4.78 is 23.6. The first-order chi connectivity index (χ1) is 7.97. The van der Waals surface area contributed by atoms with Crippen molar-refractivity contribution >= 4 is 46.4 Å². The molecule has 0 spiro atoms. The van der Waals surface area contributed by atoms with Crippen LogP contribution in [-0.2, 0) is 0 Å². The van der Waals surface area contributed by atoms with Gasteiger partial charge in [-0.15, -0.1) is 0 Å². The lowest BCUT2D eigenvalue weighted by Gasteiger charge is -2.10. The van der Waals surface area contributed by atoms with E-state index >= 15 is 0 Å². The van der Waals surface area contributed by atoms with Crippen molar-refractivity contribution in [2.24, 2.45) is 0 Å². The Morgan fingerprint density at radius 3 is 2.59 bits per heavy atom.